The zero-order chi connectivity index (χ0) is 9.56. The van der Waals surface area contributed by atoms with Gasteiger partial charge in [0.05, 0.1) is 0 Å². The van der Waals surface area contributed by atoms with Gasteiger partial charge in [-0.25, -0.2) is 0 Å². The van der Waals surface area contributed by atoms with Crippen LogP contribution in [0.4, 0.5) is 0 Å². The molecule has 0 heterocycles. The molecule has 0 fully saturated rings. The summed E-state index contributed by atoms with van der Waals surface area (Å²) in [5.41, 5.74) is 2.80. The number of rotatable bonds is 5. The first-order valence-corrected chi connectivity index (χ1v) is 4.72. The lowest BCUT2D eigenvalue weighted by atomic mass is 10.2. The van der Waals surface area contributed by atoms with Crippen molar-refractivity contribution in [2.75, 3.05) is 6.54 Å². The summed E-state index contributed by atoms with van der Waals surface area (Å²) in [7, 11) is 0. The molecule has 0 aliphatic heterocycles. The summed E-state index contributed by atoms with van der Waals surface area (Å²) < 4.78 is 0. The highest BCUT2D eigenvalue weighted by atomic mass is 15.1. The second-order valence-corrected chi connectivity index (χ2v) is 3.18. The van der Waals surface area contributed by atoms with E-state index in [1.54, 1.807) is 0 Å². The lowest BCUT2D eigenvalue weighted by molar-refractivity contribution is 0.444. The van der Waals surface area contributed by atoms with Crippen molar-refractivity contribution in [3.63, 3.8) is 0 Å². The van der Waals surface area contributed by atoms with Gasteiger partial charge in [-0.2, -0.15) is 0 Å². The Morgan fingerprint density at radius 2 is 1.92 bits per heavy atom. The predicted octanol–water partition coefficient (Wildman–Crippen LogP) is 3.55. The molecule has 0 aliphatic carbocycles. The average molecular weight is 167 g/mol. The van der Waals surface area contributed by atoms with Crippen molar-refractivity contribution in [1.29, 1.82) is 0 Å². The van der Waals surface area contributed by atoms with Gasteiger partial charge in [-0.3, -0.25) is 0 Å². The first-order valence-electron chi connectivity index (χ1n) is 4.72. The first-order chi connectivity index (χ1) is 5.67. The smallest absolute Gasteiger partial charge is 0.0219 e. The Kier molecular flexibility index (Phi) is 5.52. The van der Waals surface area contributed by atoms with Crippen LogP contribution in [0.5, 0.6) is 0 Å². The molecule has 0 radical (unpaired) electrons. The van der Waals surface area contributed by atoms with Crippen molar-refractivity contribution in [2.24, 2.45) is 0 Å². The van der Waals surface area contributed by atoms with Gasteiger partial charge in [0.2, 0.25) is 0 Å². The molecule has 0 aromatic heterocycles. The van der Waals surface area contributed by atoms with Crippen LogP contribution in [0.25, 0.3) is 0 Å². The molecule has 0 atom stereocenters. The van der Waals surface area contributed by atoms with Crippen LogP contribution in [-0.4, -0.2) is 11.4 Å². The second-order valence-electron chi connectivity index (χ2n) is 3.18. The molecule has 0 N–H and O–H groups in total. The van der Waals surface area contributed by atoms with E-state index in [2.05, 4.69) is 39.2 Å². The minimum absolute atomic E-state index is 1.08. The minimum Gasteiger partial charge on any atom is -0.352 e. The van der Waals surface area contributed by atoms with Gasteiger partial charge in [-0.15, -0.1) is 0 Å². The zero-order valence-electron chi connectivity index (χ0n) is 8.85. The molecule has 0 saturated carbocycles. The third-order valence-corrected chi connectivity index (χ3v) is 1.94. The molecule has 0 aliphatic rings. The van der Waals surface area contributed by atoms with E-state index >= 15 is 0 Å². The standard InChI is InChI=1S/C11H21N/c1-6-9-12(8-3)11(7-2)10(4)5/h8H,3,6-7,9H2,1-2,4-5H3. The number of hydrogen-bond acceptors (Lipinski definition) is 1. The molecule has 70 valence electrons. The van der Waals surface area contributed by atoms with Crippen LogP contribution in [0, 0.1) is 0 Å². The van der Waals surface area contributed by atoms with Crippen LogP contribution >= 0.6 is 0 Å². The first kappa shape index (κ1) is 11.3. The van der Waals surface area contributed by atoms with Crippen LogP contribution in [0.2, 0.25) is 0 Å². The Balaban J connectivity index is 4.45. The molecule has 0 aromatic rings. The SMILES string of the molecule is C=CN(CCC)C(CC)=C(C)C. The van der Waals surface area contributed by atoms with Gasteiger partial charge >= 0.3 is 0 Å². The summed E-state index contributed by atoms with van der Waals surface area (Å²) in [6, 6.07) is 0. The molecular weight excluding hydrogens is 146 g/mol. The summed E-state index contributed by atoms with van der Waals surface area (Å²) in [5, 5.41) is 0. The maximum absolute atomic E-state index is 3.82. The Bertz CT molecular complexity index is 164. The van der Waals surface area contributed by atoms with Gasteiger partial charge in [0.1, 0.15) is 0 Å². The molecule has 1 heteroatoms. The third-order valence-electron chi connectivity index (χ3n) is 1.94. The largest absolute Gasteiger partial charge is 0.352 e. The Hall–Kier alpha value is -0.720. The van der Waals surface area contributed by atoms with E-state index in [1.807, 2.05) is 6.20 Å². The minimum atomic E-state index is 1.08. The van der Waals surface area contributed by atoms with Crippen LogP contribution in [0.15, 0.2) is 24.0 Å². The number of allylic oxidation sites excluding steroid dienone is 2. The summed E-state index contributed by atoms with van der Waals surface area (Å²) in [6.45, 7) is 13.6. The molecular formula is C11H21N. The highest BCUT2D eigenvalue weighted by molar-refractivity contribution is 5.10. The second kappa shape index (κ2) is 5.87. The van der Waals surface area contributed by atoms with E-state index in [4.69, 9.17) is 0 Å². The molecule has 0 saturated heterocycles. The quantitative estimate of drug-likeness (QED) is 0.605. The molecule has 0 bridgehead atoms. The van der Waals surface area contributed by atoms with Crippen molar-refractivity contribution in [1.82, 2.24) is 4.90 Å². The maximum atomic E-state index is 3.82. The molecule has 12 heavy (non-hydrogen) atoms. The van der Waals surface area contributed by atoms with Gasteiger partial charge in [0, 0.05) is 12.2 Å². The summed E-state index contributed by atoms with van der Waals surface area (Å²) in [4.78, 5) is 2.25. The normalized spacial score (nSPS) is 9.33. The fourth-order valence-corrected chi connectivity index (χ4v) is 1.42. The Morgan fingerprint density at radius 3 is 2.17 bits per heavy atom. The van der Waals surface area contributed by atoms with Gasteiger partial charge in [0.25, 0.3) is 0 Å². The Morgan fingerprint density at radius 1 is 1.33 bits per heavy atom. The van der Waals surface area contributed by atoms with Crippen molar-refractivity contribution in [3.05, 3.63) is 24.0 Å². The monoisotopic (exact) mass is 167 g/mol. The average Bonchev–Trinajstić information content (AvgIpc) is 2.03. The van der Waals surface area contributed by atoms with Gasteiger partial charge in [-0.1, -0.05) is 26.0 Å². The van der Waals surface area contributed by atoms with Crippen molar-refractivity contribution >= 4 is 0 Å². The summed E-state index contributed by atoms with van der Waals surface area (Å²) >= 11 is 0. The number of nitrogens with zero attached hydrogens (tertiary/aromatic N) is 1. The molecule has 0 unspecified atom stereocenters. The predicted molar refractivity (Wildman–Crippen MR) is 55.9 cm³/mol. The highest BCUT2D eigenvalue weighted by Gasteiger charge is 2.03. The maximum Gasteiger partial charge on any atom is 0.0219 e. The van der Waals surface area contributed by atoms with Crippen LogP contribution in [0.1, 0.15) is 40.5 Å². The lowest BCUT2D eigenvalue weighted by Crippen LogP contribution is -2.17. The van der Waals surface area contributed by atoms with Crippen LogP contribution in [0.3, 0.4) is 0 Å². The summed E-state index contributed by atoms with van der Waals surface area (Å²) in [5.74, 6) is 0. The van der Waals surface area contributed by atoms with Crippen LogP contribution < -0.4 is 0 Å². The molecule has 0 amide bonds. The van der Waals surface area contributed by atoms with Gasteiger partial charge in [-0.05, 0) is 32.9 Å². The Labute approximate surface area is 76.8 Å². The lowest BCUT2D eigenvalue weighted by Gasteiger charge is -2.23. The van der Waals surface area contributed by atoms with E-state index in [9.17, 15) is 0 Å². The van der Waals surface area contributed by atoms with E-state index in [0.717, 1.165) is 13.0 Å². The highest BCUT2D eigenvalue weighted by Crippen LogP contribution is 2.14. The zero-order valence-corrected chi connectivity index (χ0v) is 8.85. The number of hydrogen-bond donors (Lipinski definition) is 0. The summed E-state index contributed by atoms with van der Waals surface area (Å²) in [6.07, 6.45) is 4.19. The molecule has 0 spiro atoms. The van der Waals surface area contributed by atoms with E-state index in [-0.39, 0.29) is 0 Å². The van der Waals surface area contributed by atoms with Crippen molar-refractivity contribution < 1.29 is 0 Å². The fraction of sp³-hybridized carbons (Fsp3) is 0.636. The molecule has 1 nitrogen and oxygen atoms in total. The molecule has 0 aromatic carbocycles. The van der Waals surface area contributed by atoms with E-state index < -0.39 is 0 Å². The molecule has 0 rings (SSSR count). The van der Waals surface area contributed by atoms with Gasteiger partial charge in [0.15, 0.2) is 0 Å². The van der Waals surface area contributed by atoms with Crippen LogP contribution in [-0.2, 0) is 0 Å². The van der Waals surface area contributed by atoms with E-state index in [1.165, 1.54) is 17.7 Å². The fourth-order valence-electron chi connectivity index (χ4n) is 1.42. The topological polar surface area (TPSA) is 3.24 Å². The van der Waals surface area contributed by atoms with Crippen molar-refractivity contribution in [2.45, 2.75) is 40.5 Å². The third kappa shape index (κ3) is 3.12. The van der Waals surface area contributed by atoms with Crippen molar-refractivity contribution in [3.8, 4) is 0 Å². The van der Waals surface area contributed by atoms with E-state index in [0.29, 0.717) is 0 Å². The van der Waals surface area contributed by atoms with Gasteiger partial charge < -0.3 is 4.90 Å².